The molecule has 1 rings (SSSR count). The van der Waals surface area contributed by atoms with E-state index in [1.54, 1.807) is 11.8 Å². The van der Waals surface area contributed by atoms with Gasteiger partial charge in [0.2, 0.25) is 5.91 Å². The third kappa shape index (κ3) is 8.35. The zero-order valence-electron chi connectivity index (χ0n) is 13.6. The smallest absolute Gasteiger partial charge is 0.312 e. The summed E-state index contributed by atoms with van der Waals surface area (Å²) < 4.78 is 5.59. The summed E-state index contributed by atoms with van der Waals surface area (Å²) in [6.07, 6.45) is 3.18. The second kappa shape index (κ2) is 10.8. The number of primary amides is 1. The van der Waals surface area contributed by atoms with Crippen molar-refractivity contribution >= 4 is 23.7 Å². The lowest BCUT2D eigenvalue weighted by molar-refractivity contribution is -0.122. The van der Waals surface area contributed by atoms with Crippen molar-refractivity contribution in [3.8, 4) is 5.75 Å². The van der Waals surface area contributed by atoms with E-state index in [9.17, 15) is 9.59 Å². The molecular weight excluding hydrogens is 314 g/mol. The molecule has 0 aliphatic heterocycles. The van der Waals surface area contributed by atoms with E-state index in [0.29, 0.717) is 26.0 Å². The number of urea groups is 1. The fourth-order valence-electron chi connectivity index (χ4n) is 1.91. The Kier molecular flexibility index (Phi) is 8.97. The molecule has 0 bridgehead atoms. The van der Waals surface area contributed by atoms with Crippen molar-refractivity contribution in [3.05, 3.63) is 29.8 Å². The average molecular weight is 339 g/mol. The van der Waals surface area contributed by atoms with Gasteiger partial charge in [-0.15, -0.1) is 0 Å². The van der Waals surface area contributed by atoms with Crippen molar-refractivity contribution in [2.45, 2.75) is 25.8 Å². The number of carbonyl (C=O) groups excluding carboxylic acids is 2. The maximum Gasteiger partial charge on any atom is 0.312 e. The lowest BCUT2D eigenvalue weighted by Gasteiger charge is -2.16. The Balaban J connectivity index is 2.25. The van der Waals surface area contributed by atoms with E-state index in [-0.39, 0.29) is 5.91 Å². The number of hydrogen-bond donors (Lipinski definition) is 3. The average Bonchev–Trinajstić information content (AvgIpc) is 2.52. The molecule has 0 unspecified atom stereocenters. The van der Waals surface area contributed by atoms with Crippen LogP contribution >= 0.6 is 11.8 Å². The molecule has 23 heavy (non-hydrogen) atoms. The zero-order chi connectivity index (χ0) is 17.1. The van der Waals surface area contributed by atoms with Crippen molar-refractivity contribution in [3.63, 3.8) is 0 Å². The number of thioether (sulfide) groups is 1. The van der Waals surface area contributed by atoms with Gasteiger partial charge in [0, 0.05) is 6.54 Å². The molecule has 128 valence electrons. The number of nitrogens with one attached hydrogen (secondary N) is 2. The lowest BCUT2D eigenvalue weighted by Crippen LogP contribution is -2.49. The molecule has 0 aliphatic carbocycles. The normalized spacial score (nSPS) is 11.6. The molecule has 4 N–H and O–H groups in total. The van der Waals surface area contributed by atoms with Gasteiger partial charge in [0.25, 0.3) is 0 Å². The second-order valence-electron chi connectivity index (χ2n) is 5.15. The SMILES string of the molecule is CSCC[C@@H](NC(N)=O)C(=O)NCCCOc1ccc(C)cc1. The highest BCUT2D eigenvalue weighted by Gasteiger charge is 2.18. The number of aryl methyl sites for hydroxylation is 1. The van der Waals surface area contributed by atoms with Crippen molar-refractivity contribution in [2.24, 2.45) is 5.73 Å². The monoisotopic (exact) mass is 339 g/mol. The molecule has 0 heterocycles. The van der Waals surface area contributed by atoms with Crippen LogP contribution in [0.2, 0.25) is 0 Å². The van der Waals surface area contributed by atoms with E-state index in [4.69, 9.17) is 10.5 Å². The lowest BCUT2D eigenvalue weighted by atomic mass is 10.2. The summed E-state index contributed by atoms with van der Waals surface area (Å²) in [5.74, 6) is 1.37. The zero-order valence-corrected chi connectivity index (χ0v) is 14.4. The Bertz CT molecular complexity index is 494. The van der Waals surface area contributed by atoms with Crippen molar-refractivity contribution in [1.29, 1.82) is 0 Å². The fraction of sp³-hybridized carbons (Fsp3) is 0.500. The van der Waals surface area contributed by atoms with Crippen LogP contribution in [0.25, 0.3) is 0 Å². The Labute approximate surface area is 141 Å². The highest BCUT2D eigenvalue weighted by atomic mass is 32.2. The molecule has 0 spiro atoms. The molecule has 0 radical (unpaired) electrons. The van der Waals surface area contributed by atoms with Crippen LogP contribution in [0.4, 0.5) is 4.79 Å². The molecular formula is C16H25N3O3S. The molecule has 1 atom stereocenters. The van der Waals surface area contributed by atoms with Crippen LogP contribution in [0.15, 0.2) is 24.3 Å². The highest BCUT2D eigenvalue weighted by Crippen LogP contribution is 2.11. The summed E-state index contributed by atoms with van der Waals surface area (Å²) in [5.41, 5.74) is 6.28. The third-order valence-electron chi connectivity index (χ3n) is 3.15. The molecule has 1 aromatic carbocycles. The number of rotatable bonds is 10. The first-order valence-corrected chi connectivity index (χ1v) is 8.94. The fourth-order valence-corrected chi connectivity index (χ4v) is 2.38. The number of nitrogens with two attached hydrogens (primary N) is 1. The second-order valence-corrected chi connectivity index (χ2v) is 6.13. The van der Waals surface area contributed by atoms with Gasteiger partial charge in [-0.1, -0.05) is 17.7 Å². The van der Waals surface area contributed by atoms with E-state index in [2.05, 4.69) is 10.6 Å². The molecule has 1 aromatic rings. The Morgan fingerprint density at radius 2 is 2.00 bits per heavy atom. The quantitative estimate of drug-likeness (QED) is 0.565. The predicted octanol–water partition coefficient (Wildman–Crippen LogP) is 1.67. The summed E-state index contributed by atoms with van der Waals surface area (Å²) >= 11 is 1.61. The molecule has 0 saturated carbocycles. The van der Waals surface area contributed by atoms with Crippen molar-refractivity contribution < 1.29 is 14.3 Å². The van der Waals surface area contributed by atoms with Crippen LogP contribution in [-0.4, -0.2) is 43.1 Å². The van der Waals surface area contributed by atoms with Crippen LogP contribution in [0, 0.1) is 6.92 Å². The van der Waals surface area contributed by atoms with E-state index < -0.39 is 12.1 Å². The van der Waals surface area contributed by atoms with Gasteiger partial charge < -0.3 is 21.1 Å². The van der Waals surface area contributed by atoms with Crippen molar-refractivity contribution in [1.82, 2.24) is 10.6 Å². The highest BCUT2D eigenvalue weighted by molar-refractivity contribution is 7.98. The predicted molar refractivity (Wildman–Crippen MR) is 93.8 cm³/mol. The summed E-state index contributed by atoms with van der Waals surface area (Å²) in [5, 5.41) is 5.26. The first-order valence-electron chi connectivity index (χ1n) is 7.55. The number of ether oxygens (including phenoxy) is 1. The van der Waals surface area contributed by atoms with Gasteiger partial charge in [-0.2, -0.15) is 11.8 Å². The first-order chi connectivity index (χ1) is 11.0. The van der Waals surface area contributed by atoms with Gasteiger partial charge in [0.1, 0.15) is 11.8 Å². The largest absolute Gasteiger partial charge is 0.494 e. The van der Waals surface area contributed by atoms with Crippen LogP contribution < -0.4 is 21.1 Å². The van der Waals surface area contributed by atoms with E-state index >= 15 is 0 Å². The number of benzene rings is 1. The number of amides is 3. The first kappa shape index (κ1) is 19.2. The molecule has 0 aliphatic rings. The number of hydrogen-bond acceptors (Lipinski definition) is 4. The van der Waals surface area contributed by atoms with Gasteiger partial charge in [0.05, 0.1) is 6.61 Å². The van der Waals surface area contributed by atoms with E-state index in [1.165, 1.54) is 5.56 Å². The Morgan fingerprint density at radius 3 is 2.61 bits per heavy atom. The minimum atomic E-state index is -0.686. The minimum Gasteiger partial charge on any atom is -0.494 e. The van der Waals surface area contributed by atoms with Crippen LogP contribution in [0.3, 0.4) is 0 Å². The third-order valence-corrected chi connectivity index (χ3v) is 3.80. The molecule has 3 amide bonds. The van der Waals surface area contributed by atoms with Gasteiger partial charge in [0.15, 0.2) is 0 Å². The molecule has 6 nitrogen and oxygen atoms in total. The van der Waals surface area contributed by atoms with Gasteiger partial charge in [-0.05, 0) is 43.9 Å². The van der Waals surface area contributed by atoms with Gasteiger partial charge >= 0.3 is 6.03 Å². The molecule has 0 aromatic heterocycles. The van der Waals surface area contributed by atoms with Gasteiger partial charge in [-0.25, -0.2) is 4.79 Å². The summed E-state index contributed by atoms with van der Waals surface area (Å²) in [7, 11) is 0. The van der Waals surface area contributed by atoms with Gasteiger partial charge in [-0.3, -0.25) is 4.79 Å². The standard InChI is InChI=1S/C16H25N3O3S/c1-12-4-6-13(7-5-12)22-10-3-9-18-15(20)14(8-11-23-2)19-16(17)21/h4-7,14H,3,8-11H2,1-2H3,(H,18,20)(H3,17,19,21)/t14-/m1/s1. The molecule has 7 heteroatoms. The van der Waals surface area contributed by atoms with Crippen LogP contribution in [0.1, 0.15) is 18.4 Å². The maximum atomic E-state index is 12.0. The van der Waals surface area contributed by atoms with Crippen LogP contribution in [0.5, 0.6) is 5.75 Å². The van der Waals surface area contributed by atoms with Crippen molar-refractivity contribution in [2.75, 3.05) is 25.2 Å². The maximum absolute atomic E-state index is 12.0. The minimum absolute atomic E-state index is 0.215. The molecule has 0 fully saturated rings. The summed E-state index contributed by atoms with van der Waals surface area (Å²) in [4.78, 5) is 23.0. The summed E-state index contributed by atoms with van der Waals surface area (Å²) in [6.45, 7) is 3.02. The Morgan fingerprint density at radius 1 is 1.30 bits per heavy atom. The topological polar surface area (TPSA) is 93.5 Å². The van der Waals surface area contributed by atoms with Crippen LogP contribution in [-0.2, 0) is 4.79 Å². The van der Waals surface area contributed by atoms with E-state index in [1.807, 2.05) is 37.4 Å². The number of carbonyl (C=O) groups is 2. The van der Waals surface area contributed by atoms with E-state index in [0.717, 1.165) is 11.5 Å². The summed E-state index contributed by atoms with van der Waals surface area (Å²) in [6, 6.07) is 6.55. The Hall–Kier alpha value is -1.89. The molecule has 0 saturated heterocycles.